The second-order valence-electron chi connectivity index (χ2n) is 4.40. The number of anilines is 1. The molecule has 0 saturated heterocycles. The molecule has 0 amide bonds. The van der Waals surface area contributed by atoms with Crippen LogP contribution in [0.1, 0.15) is 19.3 Å². The van der Waals surface area contributed by atoms with Crippen LogP contribution in [0.15, 0.2) is 24.3 Å². The van der Waals surface area contributed by atoms with Crippen LogP contribution in [-0.4, -0.2) is 24.2 Å². The maximum Gasteiger partial charge on any atom is 0.271 e. The van der Waals surface area contributed by atoms with Gasteiger partial charge in [-0.3, -0.25) is 10.1 Å². The van der Waals surface area contributed by atoms with E-state index in [-0.39, 0.29) is 16.2 Å². The molecule has 5 nitrogen and oxygen atoms in total. The molecule has 1 aromatic rings. The van der Waals surface area contributed by atoms with Crippen LogP contribution in [0.2, 0.25) is 0 Å². The highest BCUT2D eigenvalue weighted by atomic mass is 16.6. The second-order valence-corrected chi connectivity index (χ2v) is 4.40. The molecule has 0 atom stereocenters. The van der Waals surface area contributed by atoms with Crippen LogP contribution < -0.4 is 5.32 Å². The van der Waals surface area contributed by atoms with Crippen molar-refractivity contribution >= 4 is 11.4 Å². The number of nitro benzene ring substituents is 1. The summed E-state index contributed by atoms with van der Waals surface area (Å²) in [6, 6.07) is 6.54. The van der Waals surface area contributed by atoms with Gasteiger partial charge >= 0.3 is 0 Å². The molecule has 1 saturated carbocycles. The first-order chi connectivity index (χ1) is 8.15. The van der Waals surface area contributed by atoms with Gasteiger partial charge in [0.1, 0.15) is 0 Å². The molecule has 1 aromatic carbocycles. The van der Waals surface area contributed by atoms with E-state index in [4.69, 9.17) is 4.74 Å². The van der Waals surface area contributed by atoms with E-state index in [0.717, 1.165) is 18.5 Å². The Morgan fingerprint density at radius 3 is 2.82 bits per heavy atom. The Bertz CT molecular complexity index is 410. The number of nitrogens with one attached hydrogen (secondary N) is 1. The zero-order valence-electron chi connectivity index (χ0n) is 9.81. The Balaban J connectivity index is 1.99. The Labute approximate surface area is 99.9 Å². The van der Waals surface area contributed by atoms with E-state index in [9.17, 15) is 10.1 Å². The van der Waals surface area contributed by atoms with Crippen molar-refractivity contribution in [3.63, 3.8) is 0 Å². The molecule has 0 aliphatic heterocycles. The van der Waals surface area contributed by atoms with Crippen LogP contribution in [0.25, 0.3) is 0 Å². The predicted molar refractivity (Wildman–Crippen MR) is 65.2 cm³/mol. The minimum absolute atomic E-state index is 0.0787. The minimum Gasteiger partial charge on any atom is -0.382 e. The van der Waals surface area contributed by atoms with Crippen LogP contribution in [0.3, 0.4) is 0 Å². The average molecular weight is 236 g/mol. The number of hydrogen-bond donors (Lipinski definition) is 1. The topological polar surface area (TPSA) is 64.4 Å². The normalized spacial score (nSPS) is 17.2. The molecule has 0 heterocycles. The lowest BCUT2D eigenvalue weighted by molar-refractivity contribution is -0.384. The van der Waals surface area contributed by atoms with E-state index in [1.807, 2.05) is 6.07 Å². The summed E-state index contributed by atoms with van der Waals surface area (Å²) in [5, 5.41) is 13.8. The number of hydrogen-bond acceptors (Lipinski definition) is 4. The number of non-ortho nitro benzene ring substituents is 1. The Hall–Kier alpha value is -1.62. The summed E-state index contributed by atoms with van der Waals surface area (Å²) in [5.74, 6) is 0. The van der Waals surface area contributed by atoms with Gasteiger partial charge in [0.15, 0.2) is 0 Å². The molecule has 0 bridgehead atoms. The molecule has 0 spiro atoms. The number of benzene rings is 1. The van der Waals surface area contributed by atoms with Gasteiger partial charge in [-0.2, -0.15) is 0 Å². The van der Waals surface area contributed by atoms with Gasteiger partial charge in [0, 0.05) is 31.5 Å². The third kappa shape index (κ3) is 2.55. The monoisotopic (exact) mass is 236 g/mol. The minimum atomic E-state index is -0.388. The second kappa shape index (κ2) is 4.71. The third-order valence-corrected chi connectivity index (χ3v) is 3.37. The molecule has 1 aliphatic carbocycles. The smallest absolute Gasteiger partial charge is 0.271 e. The lowest BCUT2D eigenvalue weighted by atomic mass is 9.80. The molecular formula is C12H16N2O3. The number of nitro groups is 1. The van der Waals surface area contributed by atoms with Crippen molar-refractivity contribution < 1.29 is 9.66 Å². The van der Waals surface area contributed by atoms with Gasteiger partial charge < -0.3 is 10.1 Å². The first-order valence-corrected chi connectivity index (χ1v) is 5.69. The summed E-state index contributed by atoms with van der Waals surface area (Å²) in [4.78, 5) is 10.2. The average Bonchev–Trinajstić information content (AvgIpc) is 2.28. The highest BCUT2D eigenvalue weighted by Gasteiger charge is 2.36. The Morgan fingerprint density at radius 2 is 2.29 bits per heavy atom. The summed E-state index contributed by atoms with van der Waals surface area (Å²) < 4.78 is 5.48. The first-order valence-electron chi connectivity index (χ1n) is 5.69. The molecule has 0 aromatic heterocycles. The van der Waals surface area contributed by atoms with Crippen molar-refractivity contribution in [3.05, 3.63) is 34.4 Å². The van der Waals surface area contributed by atoms with Gasteiger partial charge in [-0.25, -0.2) is 0 Å². The molecule has 1 N–H and O–H groups in total. The molecule has 1 aliphatic rings. The number of methoxy groups -OCH3 is 1. The van der Waals surface area contributed by atoms with Crippen LogP contribution in [-0.2, 0) is 4.74 Å². The number of rotatable bonds is 5. The third-order valence-electron chi connectivity index (χ3n) is 3.37. The summed E-state index contributed by atoms with van der Waals surface area (Å²) in [6.45, 7) is 0.699. The first kappa shape index (κ1) is 11.9. The van der Waals surface area contributed by atoms with E-state index in [2.05, 4.69) is 5.32 Å². The maximum absolute atomic E-state index is 10.6. The van der Waals surface area contributed by atoms with Crippen LogP contribution in [0.5, 0.6) is 0 Å². The molecule has 0 unspecified atom stereocenters. The molecule has 17 heavy (non-hydrogen) atoms. The molecule has 0 radical (unpaired) electrons. The van der Waals surface area contributed by atoms with Gasteiger partial charge in [-0.15, -0.1) is 0 Å². The zero-order valence-corrected chi connectivity index (χ0v) is 9.81. The van der Waals surface area contributed by atoms with Gasteiger partial charge in [-0.1, -0.05) is 6.07 Å². The summed E-state index contributed by atoms with van der Waals surface area (Å²) in [5.41, 5.74) is 0.794. The quantitative estimate of drug-likeness (QED) is 0.630. The van der Waals surface area contributed by atoms with Crippen molar-refractivity contribution in [2.24, 2.45) is 0 Å². The van der Waals surface area contributed by atoms with E-state index in [1.54, 1.807) is 19.2 Å². The van der Waals surface area contributed by atoms with E-state index < -0.39 is 0 Å². The fraction of sp³-hybridized carbons (Fsp3) is 0.500. The maximum atomic E-state index is 10.6. The standard InChI is InChI=1S/C12H16N2O3/c1-17-12(6-3-7-12)9-13-10-4-2-5-11(8-10)14(15)16/h2,4-5,8,13H,3,6-7,9H2,1H3. The highest BCUT2D eigenvalue weighted by molar-refractivity contribution is 5.51. The predicted octanol–water partition coefficient (Wildman–Crippen LogP) is 2.58. The van der Waals surface area contributed by atoms with Crippen molar-refractivity contribution in [1.82, 2.24) is 0 Å². The summed E-state index contributed by atoms with van der Waals surface area (Å²) in [6.07, 6.45) is 3.28. The SMILES string of the molecule is COC1(CNc2cccc([N+](=O)[O-])c2)CCC1. The van der Waals surface area contributed by atoms with Gasteiger partial charge in [0.2, 0.25) is 0 Å². The van der Waals surface area contributed by atoms with E-state index >= 15 is 0 Å². The molecule has 1 fully saturated rings. The van der Waals surface area contributed by atoms with E-state index in [0.29, 0.717) is 6.54 Å². The van der Waals surface area contributed by atoms with Gasteiger partial charge in [-0.05, 0) is 25.3 Å². The number of nitrogens with zero attached hydrogens (tertiary/aromatic N) is 1. The van der Waals surface area contributed by atoms with Crippen molar-refractivity contribution in [3.8, 4) is 0 Å². The number of ether oxygens (including phenoxy) is 1. The lowest BCUT2D eigenvalue weighted by Crippen LogP contribution is -2.45. The van der Waals surface area contributed by atoms with Crippen molar-refractivity contribution in [1.29, 1.82) is 0 Å². The summed E-state index contributed by atoms with van der Waals surface area (Å²) >= 11 is 0. The molecule has 92 valence electrons. The summed E-state index contributed by atoms with van der Waals surface area (Å²) in [7, 11) is 1.72. The fourth-order valence-corrected chi connectivity index (χ4v) is 2.02. The largest absolute Gasteiger partial charge is 0.382 e. The Kier molecular flexibility index (Phi) is 3.28. The molecule has 5 heteroatoms. The molecule has 2 rings (SSSR count). The Morgan fingerprint density at radius 1 is 1.53 bits per heavy atom. The fourth-order valence-electron chi connectivity index (χ4n) is 2.02. The van der Waals surface area contributed by atoms with Crippen LogP contribution in [0.4, 0.5) is 11.4 Å². The van der Waals surface area contributed by atoms with Crippen LogP contribution >= 0.6 is 0 Å². The molecular weight excluding hydrogens is 220 g/mol. The van der Waals surface area contributed by atoms with Gasteiger partial charge in [0.25, 0.3) is 5.69 Å². The lowest BCUT2D eigenvalue weighted by Gasteiger charge is -2.40. The van der Waals surface area contributed by atoms with Gasteiger partial charge in [0.05, 0.1) is 10.5 Å². The zero-order chi connectivity index (χ0) is 12.3. The van der Waals surface area contributed by atoms with Crippen LogP contribution in [0, 0.1) is 10.1 Å². The van der Waals surface area contributed by atoms with Crippen molar-refractivity contribution in [2.75, 3.05) is 19.0 Å². The van der Waals surface area contributed by atoms with Crippen molar-refractivity contribution in [2.45, 2.75) is 24.9 Å². The van der Waals surface area contributed by atoms with E-state index in [1.165, 1.54) is 12.5 Å². The highest BCUT2D eigenvalue weighted by Crippen LogP contribution is 2.35.